The largest absolute Gasteiger partial charge is 0.357 e. The van der Waals surface area contributed by atoms with Gasteiger partial charge in [0.15, 0.2) is 16.8 Å². The Labute approximate surface area is 126 Å². The fourth-order valence-corrected chi connectivity index (χ4v) is 3.13. The van der Waals surface area contributed by atoms with Crippen molar-refractivity contribution in [3.05, 3.63) is 71.3 Å². The molecule has 0 spiro atoms. The Morgan fingerprint density at radius 3 is 2.67 bits per heavy atom. The smallest absolute Gasteiger partial charge is 0.159 e. The van der Waals surface area contributed by atoms with Crippen LogP contribution in [-0.2, 0) is 6.54 Å². The Morgan fingerprint density at radius 2 is 1.90 bits per heavy atom. The molecule has 1 aliphatic heterocycles. The molecule has 0 saturated carbocycles. The van der Waals surface area contributed by atoms with Crippen LogP contribution in [0.5, 0.6) is 0 Å². The Morgan fingerprint density at radius 1 is 1.10 bits per heavy atom. The summed E-state index contributed by atoms with van der Waals surface area (Å²) in [5.41, 5.74) is 1.88. The number of nitrogens with one attached hydrogen (secondary N) is 1. The first-order chi connectivity index (χ1) is 10.2. The minimum Gasteiger partial charge on any atom is -0.357 e. The van der Waals surface area contributed by atoms with E-state index < -0.39 is 11.6 Å². The molecule has 1 unspecified atom stereocenters. The summed E-state index contributed by atoms with van der Waals surface area (Å²) in [6.45, 7) is 0.341. The van der Waals surface area contributed by atoms with Gasteiger partial charge in [0.2, 0.25) is 0 Å². The highest BCUT2D eigenvalue weighted by Crippen LogP contribution is 2.26. The molecule has 108 valence electrons. The number of hydrogen-bond donors (Lipinski definition) is 1. The molecule has 2 nitrogen and oxygen atoms in total. The third-order valence-electron chi connectivity index (χ3n) is 3.28. The second-order valence-electron chi connectivity index (χ2n) is 4.79. The highest BCUT2D eigenvalue weighted by Gasteiger charge is 2.21. The molecular weight excluding hydrogens is 290 g/mol. The third-order valence-corrected chi connectivity index (χ3v) is 4.30. The van der Waals surface area contributed by atoms with E-state index in [4.69, 9.17) is 0 Å². The van der Waals surface area contributed by atoms with E-state index in [1.165, 1.54) is 11.6 Å². The maximum Gasteiger partial charge on any atom is 0.159 e. The number of amidine groups is 1. The van der Waals surface area contributed by atoms with Crippen LogP contribution in [0.15, 0.2) is 53.5 Å². The number of halogens is 2. The SMILES string of the molecule is Fc1ccc(CN=C2NC(c3ccccc3)CS2)cc1F. The lowest BCUT2D eigenvalue weighted by Crippen LogP contribution is -2.19. The summed E-state index contributed by atoms with van der Waals surface area (Å²) in [6.07, 6.45) is 0. The molecule has 5 heteroatoms. The summed E-state index contributed by atoms with van der Waals surface area (Å²) in [5, 5.41) is 4.19. The van der Waals surface area contributed by atoms with E-state index in [9.17, 15) is 8.78 Å². The Bertz CT molecular complexity index is 659. The van der Waals surface area contributed by atoms with E-state index in [0.29, 0.717) is 12.1 Å². The van der Waals surface area contributed by atoms with E-state index in [1.54, 1.807) is 17.8 Å². The van der Waals surface area contributed by atoms with Gasteiger partial charge in [-0.2, -0.15) is 0 Å². The second kappa shape index (κ2) is 6.26. The molecule has 1 N–H and O–H groups in total. The van der Waals surface area contributed by atoms with E-state index in [-0.39, 0.29) is 6.04 Å². The number of hydrogen-bond acceptors (Lipinski definition) is 2. The monoisotopic (exact) mass is 304 g/mol. The van der Waals surface area contributed by atoms with Gasteiger partial charge >= 0.3 is 0 Å². The van der Waals surface area contributed by atoms with Crippen molar-refractivity contribution in [3.8, 4) is 0 Å². The molecule has 0 amide bonds. The predicted molar refractivity (Wildman–Crippen MR) is 82.3 cm³/mol. The number of aliphatic imine (C=N–C) groups is 1. The van der Waals surface area contributed by atoms with Crippen LogP contribution in [0.3, 0.4) is 0 Å². The van der Waals surface area contributed by atoms with Gasteiger partial charge in [-0.05, 0) is 23.3 Å². The summed E-state index contributed by atoms with van der Waals surface area (Å²) in [5.74, 6) is -0.744. The first-order valence-corrected chi connectivity index (χ1v) is 7.63. The number of nitrogens with zero attached hydrogens (tertiary/aromatic N) is 1. The number of benzene rings is 2. The molecule has 1 aliphatic rings. The minimum absolute atomic E-state index is 0.250. The number of thioether (sulfide) groups is 1. The molecule has 0 aromatic heterocycles. The summed E-state index contributed by atoms with van der Waals surface area (Å²) in [6, 6.07) is 14.3. The van der Waals surface area contributed by atoms with Gasteiger partial charge < -0.3 is 5.32 Å². The van der Waals surface area contributed by atoms with Gasteiger partial charge in [0.05, 0.1) is 12.6 Å². The van der Waals surface area contributed by atoms with Gasteiger partial charge in [-0.25, -0.2) is 8.78 Å². The molecule has 21 heavy (non-hydrogen) atoms. The standard InChI is InChI=1S/C16H14F2N2S/c17-13-7-6-11(8-14(13)18)9-19-16-20-15(10-21-16)12-4-2-1-3-5-12/h1-8,15H,9-10H2,(H,19,20). The average molecular weight is 304 g/mol. The van der Waals surface area contributed by atoms with Crippen LogP contribution in [-0.4, -0.2) is 10.9 Å². The molecule has 1 atom stereocenters. The number of rotatable bonds is 3. The Kier molecular flexibility index (Phi) is 4.20. The highest BCUT2D eigenvalue weighted by atomic mass is 32.2. The van der Waals surface area contributed by atoms with Crippen molar-refractivity contribution in [3.63, 3.8) is 0 Å². The lowest BCUT2D eigenvalue weighted by molar-refractivity contribution is 0.507. The van der Waals surface area contributed by atoms with Crippen molar-refractivity contribution in [1.82, 2.24) is 5.32 Å². The van der Waals surface area contributed by atoms with Crippen molar-refractivity contribution in [2.24, 2.45) is 4.99 Å². The molecule has 2 aromatic carbocycles. The molecular formula is C16H14F2N2S. The van der Waals surface area contributed by atoms with Crippen molar-refractivity contribution in [1.29, 1.82) is 0 Å². The van der Waals surface area contributed by atoms with Gasteiger partial charge in [-0.15, -0.1) is 0 Å². The van der Waals surface area contributed by atoms with Gasteiger partial charge in [-0.1, -0.05) is 48.2 Å². The zero-order valence-electron chi connectivity index (χ0n) is 11.2. The summed E-state index contributed by atoms with van der Waals surface area (Å²) < 4.78 is 26.0. The maximum atomic E-state index is 13.1. The lowest BCUT2D eigenvalue weighted by atomic mass is 10.1. The summed E-state index contributed by atoms with van der Waals surface area (Å²) >= 11 is 1.64. The lowest BCUT2D eigenvalue weighted by Gasteiger charge is -2.09. The average Bonchev–Trinajstić information content (AvgIpc) is 2.98. The molecule has 0 aliphatic carbocycles. The van der Waals surface area contributed by atoms with Crippen LogP contribution >= 0.6 is 11.8 Å². The van der Waals surface area contributed by atoms with Crippen molar-refractivity contribution in [2.45, 2.75) is 12.6 Å². The quantitative estimate of drug-likeness (QED) is 0.930. The molecule has 1 heterocycles. The summed E-state index contributed by atoms with van der Waals surface area (Å²) in [4.78, 5) is 4.42. The molecule has 2 aromatic rings. The first-order valence-electron chi connectivity index (χ1n) is 6.65. The molecule has 3 rings (SSSR count). The first kappa shape index (κ1) is 14.1. The van der Waals surface area contributed by atoms with E-state index in [2.05, 4.69) is 22.4 Å². The highest BCUT2D eigenvalue weighted by molar-refractivity contribution is 8.14. The van der Waals surface area contributed by atoms with E-state index in [0.717, 1.165) is 17.0 Å². The normalized spacial score (nSPS) is 19.7. The fourth-order valence-electron chi connectivity index (χ4n) is 2.15. The maximum absolute atomic E-state index is 13.1. The van der Waals surface area contributed by atoms with Gasteiger partial charge in [0.1, 0.15) is 0 Å². The fraction of sp³-hybridized carbons (Fsp3) is 0.188. The van der Waals surface area contributed by atoms with Crippen LogP contribution in [0.2, 0.25) is 0 Å². The van der Waals surface area contributed by atoms with E-state index >= 15 is 0 Å². The van der Waals surface area contributed by atoms with Crippen LogP contribution in [0.25, 0.3) is 0 Å². The zero-order chi connectivity index (χ0) is 14.7. The summed E-state index contributed by atoms with van der Waals surface area (Å²) in [7, 11) is 0. The Hall–Kier alpha value is -1.88. The molecule has 1 saturated heterocycles. The predicted octanol–water partition coefficient (Wildman–Crippen LogP) is 3.90. The van der Waals surface area contributed by atoms with Crippen LogP contribution in [0.1, 0.15) is 17.2 Å². The van der Waals surface area contributed by atoms with Gasteiger partial charge in [-0.3, -0.25) is 4.99 Å². The second-order valence-corrected chi connectivity index (χ2v) is 5.80. The van der Waals surface area contributed by atoms with Crippen molar-refractivity contribution < 1.29 is 8.78 Å². The van der Waals surface area contributed by atoms with Crippen LogP contribution in [0.4, 0.5) is 8.78 Å². The van der Waals surface area contributed by atoms with Crippen molar-refractivity contribution >= 4 is 16.9 Å². The third kappa shape index (κ3) is 3.42. The van der Waals surface area contributed by atoms with E-state index in [1.807, 2.05) is 18.2 Å². The van der Waals surface area contributed by atoms with Gasteiger partial charge in [0, 0.05) is 5.75 Å². The topological polar surface area (TPSA) is 24.4 Å². The molecule has 0 bridgehead atoms. The van der Waals surface area contributed by atoms with Crippen LogP contribution < -0.4 is 5.32 Å². The van der Waals surface area contributed by atoms with Crippen molar-refractivity contribution in [2.75, 3.05) is 5.75 Å². The van der Waals surface area contributed by atoms with Crippen LogP contribution in [0, 0.1) is 11.6 Å². The minimum atomic E-state index is -0.832. The molecule has 1 fully saturated rings. The molecule has 0 radical (unpaired) electrons. The van der Waals surface area contributed by atoms with Gasteiger partial charge in [0.25, 0.3) is 0 Å². The zero-order valence-corrected chi connectivity index (χ0v) is 12.0. The Balaban J connectivity index is 1.64.